The van der Waals surface area contributed by atoms with Crippen molar-refractivity contribution in [3.63, 3.8) is 0 Å². The molecule has 6 nitrogen and oxygen atoms in total. The lowest BCUT2D eigenvalue weighted by molar-refractivity contribution is 0.0474. The minimum Gasteiger partial charge on any atom is -0.444 e. The number of hydrogen-bond donors (Lipinski definition) is 2. The van der Waals surface area contributed by atoms with Gasteiger partial charge in [0.1, 0.15) is 5.60 Å². The fourth-order valence-electron chi connectivity index (χ4n) is 1.86. The molecule has 1 unspecified atom stereocenters. The maximum Gasteiger partial charge on any atom is 0.407 e. The number of aliphatic hydroxyl groups excluding tert-OH is 1. The van der Waals surface area contributed by atoms with Crippen molar-refractivity contribution in [3.05, 3.63) is 0 Å². The monoisotopic (exact) mass is 279 g/mol. The number of nitrogens with one attached hydrogen (secondary N) is 1. The van der Waals surface area contributed by atoms with Crippen molar-refractivity contribution >= 4 is 15.9 Å². The van der Waals surface area contributed by atoms with Gasteiger partial charge in [0.2, 0.25) is 0 Å². The van der Waals surface area contributed by atoms with Crippen LogP contribution >= 0.6 is 0 Å². The highest BCUT2D eigenvalue weighted by molar-refractivity contribution is 7.92. The zero-order chi connectivity index (χ0) is 14.0. The van der Waals surface area contributed by atoms with E-state index in [-0.39, 0.29) is 24.0 Å². The van der Waals surface area contributed by atoms with E-state index in [1.165, 1.54) is 0 Å². The van der Waals surface area contributed by atoms with Gasteiger partial charge in [-0.2, -0.15) is 0 Å². The molecule has 0 radical (unpaired) electrons. The van der Waals surface area contributed by atoms with Crippen molar-refractivity contribution in [2.24, 2.45) is 5.92 Å². The molecule has 1 fully saturated rings. The molecule has 0 aliphatic carbocycles. The van der Waals surface area contributed by atoms with Crippen LogP contribution in [0.1, 0.15) is 27.2 Å². The standard InChI is InChI=1S/C11H21NO5S/c1-11(2,3)17-10(14)12-9(5-13)4-8-6-18(15,16)7-8/h8-9,13H,4-7H2,1-3H3,(H,12,14). The third kappa shape index (κ3) is 5.22. The van der Waals surface area contributed by atoms with Crippen LogP contribution in [-0.4, -0.2) is 49.4 Å². The topological polar surface area (TPSA) is 92.7 Å². The Morgan fingerprint density at radius 1 is 1.44 bits per heavy atom. The summed E-state index contributed by atoms with van der Waals surface area (Å²) < 4.78 is 27.1. The first kappa shape index (κ1) is 15.2. The third-order valence-corrected chi connectivity index (χ3v) is 4.50. The molecule has 0 saturated carbocycles. The molecule has 1 saturated heterocycles. The quantitative estimate of drug-likeness (QED) is 0.772. The average Bonchev–Trinajstić information content (AvgIpc) is 2.10. The number of carbonyl (C=O) groups is 1. The molecule has 18 heavy (non-hydrogen) atoms. The van der Waals surface area contributed by atoms with Crippen molar-refractivity contribution in [1.82, 2.24) is 5.32 Å². The molecule has 1 heterocycles. The van der Waals surface area contributed by atoms with Gasteiger partial charge in [0.05, 0.1) is 24.2 Å². The number of rotatable bonds is 4. The van der Waals surface area contributed by atoms with Gasteiger partial charge in [-0.1, -0.05) is 0 Å². The summed E-state index contributed by atoms with van der Waals surface area (Å²) in [5.41, 5.74) is -0.593. The highest BCUT2D eigenvalue weighted by Gasteiger charge is 2.35. The Labute approximate surface area is 108 Å². The van der Waals surface area contributed by atoms with E-state index in [2.05, 4.69) is 5.32 Å². The molecular formula is C11H21NO5S. The first-order valence-electron chi connectivity index (χ1n) is 5.92. The lowest BCUT2D eigenvalue weighted by atomic mass is 10.0. The molecule has 0 bridgehead atoms. The second kappa shape index (κ2) is 5.44. The van der Waals surface area contributed by atoms with Gasteiger partial charge in [-0.25, -0.2) is 13.2 Å². The predicted octanol–water partition coefficient (Wildman–Crippen LogP) is 0.307. The van der Waals surface area contributed by atoms with E-state index in [0.29, 0.717) is 6.42 Å². The van der Waals surface area contributed by atoms with Gasteiger partial charge in [-0.15, -0.1) is 0 Å². The van der Waals surface area contributed by atoms with E-state index in [4.69, 9.17) is 9.84 Å². The van der Waals surface area contributed by atoms with Crippen molar-refractivity contribution in [3.8, 4) is 0 Å². The summed E-state index contributed by atoms with van der Waals surface area (Å²) in [5, 5.41) is 11.7. The maximum atomic E-state index is 11.5. The van der Waals surface area contributed by atoms with E-state index in [1.807, 2.05) is 0 Å². The summed E-state index contributed by atoms with van der Waals surface area (Å²) >= 11 is 0. The molecule has 1 atom stereocenters. The molecule has 1 aliphatic rings. The summed E-state index contributed by atoms with van der Waals surface area (Å²) in [4.78, 5) is 11.5. The van der Waals surface area contributed by atoms with Crippen LogP contribution in [0.25, 0.3) is 0 Å². The average molecular weight is 279 g/mol. The van der Waals surface area contributed by atoms with E-state index in [1.54, 1.807) is 20.8 Å². The minimum absolute atomic E-state index is 0.0158. The van der Waals surface area contributed by atoms with Gasteiger partial charge in [0.25, 0.3) is 0 Å². The van der Waals surface area contributed by atoms with E-state index < -0.39 is 27.6 Å². The number of ether oxygens (including phenoxy) is 1. The SMILES string of the molecule is CC(C)(C)OC(=O)NC(CO)CC1CS(=O)(=O)C1. The Balaban J connectivity index is 2.36. The molecule has 0 aromatic heterocycles. The highest BCUT2D eigenvalue weighted by atomic mass is 32.2. The number of alkyl carbamates (subject to hydrolysis) is 1. The van der Waals surface area contributed by atoms with Gasteiger partial charge in [-0.05, 0) is 33.1 Å². The fourth-order valence-corrected chi connectivity index (χ4v) is 3.47. The molecule has 1 aliphatic heterocycles. The Bertz CT molecular complexity index is 386. The number of sulfone groups is 1. The number of carbonyl (C=O) groups excluding carboxylic acids is 1. The zero-order valence-electron chi connectivity index (χ0n) is 11.0. The molecule has 106 valence electrons. The van der Waals surface area contributed by atoms with Crippen molar-refractivity contribution in [1.29, 1.82) is 0 Å². The van der Waals surface area contributed by atoms with Gasteiger partial charge in [0.15, 0.2) is 9.84 Å². The predicted molar refractivity (Wildman–Crippen MR) is 67.0 cm³/mol. The largest absolute Gasteiger partial charge is 0.444 e. The zero-order valence-corrected chi connectivity index (χ0v) is 11.8. The van der Waals surface area contributed by atoms with Gasteiger partial charge in [0, 0.05) is 0 Å². The van der Waals surface area contributed by atoms with Crippen LogP contribution in [-0.2, 0) is 14.6 Å². The highest BCUT2D eigenvalue weighted by Crippen LogP contribution is 2.23. The van der Waals surface area contributed by atoms with Gasteiger partial charge in [-0.3, -0.25) is 0 Å². The third-order valence-electron chi connectivity index (χ3n) is 2.54. The van der Waals surface area contributed by atoms with E-state index >= 15 is 0 Å². The molecule has 0 aromatic rings. The van der Waals surface area contributed by atoms with Crippen LogP contribution in [0.3, 0.4) is 0 Å². The second-order valence-corrected chi connectivity index (χ2v) is 7.86. The normalized spacial score (nSPS) is 20.9. The van der Waals surface area contributed by atoms with E-state index in [9.17, 15) is 13.2 Å². The number of aliphatic hydroxyl groups is 1. The maximum absolute atomic E-state index is 11.5. The van der Waals surface area contributed by atoms with Crippen LogP contribution in [0.4, 0.5) is 4.79 Å². The van der Waals surface area contributed by atoms with Crippen molar-refractivity contribution in [2.45, 2.75) is 38.8 Å². The molecular weight excluding hydrogens is 258 g/mol. The Kier molecular flexibility index (Phi) is 4.61. The Morgan fingerprint density at radius 3 is 2.39 bits per heavy atom. The Morgan fingerprint density at radius 2 is 2.00 bits per heavy atom. The summed E-state index contributed by atoms with van der Waals surface area (Å²) in [7, 11) is -2.87. The van der Waals surface area contributed by atoms with Crippen LogP contribution in [0.2, 0.25) is 0 Å². The Hall–Kier alpha value is -0.820. The summed E-state index contributed by atoms with van der Waals surface area (Å²) in [6.07, 6.45) is -0.140. The summed E-state index contributed by atoms with van der Waals surface area (Å²) in [5.74, 6) is 0.293. The van der Waals surface area contributed by atoms with Crippen molar-refractivity contribution < 1.29 is 23.1 Å². The fraction of sp³-hybridized carbons (Fsp3) is 0.909. The molecule has 2 N–H and O–H groups in total. The van der Waals surface area contributed by atoms with Crippen LogP contribution in [0.15, 0.2) is 0 Å². The molecule has 1 rings (SSSR count). The molecule has 7 heteroatoms. The van der Waals surface area contributed by atoms with Crippen molar-refractivity contribution in [2.75, 3.05) is 18.1 Å². The number of amides is 1. The minimum atomic E-state index is -2.87. The van der Waals surface area contributed by atoms with E-state index in [0.717, 1.165) is 0 Å². The molecule has 0 spiro atoms. The first-order valence-corrected chi connectivity index (χ1v) is 7.74. The lowest BCUT2D eigenvalue weighted by Crippen LogP contribution is -2.46. The summed E-state index contributed by atoms with van der Waals surface area (Å²) in [6.45, 7) is 5.02. The molecule has 0 aromatic carbocycles. The van der Waals surface area contributed by atoms with Gasteiger partial charge < -0.3 is 15.2 Å². The number of hydrogen-bond acceptors (Lipinski definition) is 5. The first-order chi connectivity index (χ1) is 8.11. The van der Waals surface area contributed by atoms with Crippen LogP contribution in [0.5, 0.6) is 0 Å². The smallest absolute Gasteiger partial charge is 0.407 e. The van der Waals surface area contributed by atoms with Gasteiger partial charge >= 0.3 is 6.09 Å². The van der Waals surface area contributed by atoms with Crippen LogP contribution < -0.4 is 5.32 Å². The summed E-state index contributed by atoms with van der Waals surface area (Å²) in [6, 6.07) is -0.458. The van der Waals surface area contributed by atoms with Crippen LogP contribution in [0, 0.1) is 5.92 Å². The second-order valence-electron chi connectivity index (χ2n) is 5.70. The lowest BCUT2D eigenvalue weighted by Gasteiger charge is -2.29. The molecule has 1 amide bonds.